The highest BCUT2D eigenvalue weighted by Crippen LogP contribution is 2.16. The van der Waals surface area contributed by atoms with Crippen LogP contribution in [0.25, 0.3) is 0 Å². The van der Waals surface area contributed by atoms with Crippen LogP contribution in [0, 0.1) is 0 Å². The Labute approximate surface area is 214 Å². The third-order valence-electron chi connectivity index (χ3n) is 7.32. The molecule has 33 heavy (non-hydrogen) atoms. The van der Waals surface area contributed by atoms with E-state index in [0.29, 0.717) is 0 Å². The van der Waals surface area contributed by atoms with Crippen LogP contribution in [-0.2, 0) is 6.54 Å². The second kappa shape index (κ2) is 23.1. The summed E-state index contributed by atoms with van der Waals surface area (Å²) in [6, 6.07) is 10.8. The minimum absolute atomic E-state index is 0. The molecule has 0 amide bonds. The molecule has 0 bridgehead atoms. The molecule has 0 saturated carbocycles. The van der Waals surface area contributed by atoms with E-state index < -0.39 is 0 Å². The molecule has 0 aliphatic rings. The molecule has 198 valence electrons. The molecule has 0 aliphatic heterocycles. The first kappa shape index (κ1) is 36.9. The lowest BCUT2D eigenvalue weighted by Gasteiger charge is -2.39. The largest absolute Gasteiger partial charge is 1.00 e. The fraction of sp³-hybridized carbons (Fsp3) is 0.793. The molecule has 0 spiro atoms. The monoisotopic (exact) mass is 486 g/mol. The molecule has 1 aromatic rings. The van der Waals surface area contributed by atoms with E-state index in [2.05, 4.69) is 78.8 Å². The maximum Gasteiger partial charge on any atom is 0.104 e. The Morgan fingerprint density at radius 2 is 0.848 bits per heavy atom. The van der Waals surface area contributed by atoms with Crippen LogP contribution in [0.4, 0.5) is 0 Å². The van der Waals surface area contributed by atoms with Crippen molar-refractivity contribution in [1.29, 1.82) is 0 Å². The minimum atomic E-state index is 0. The van der Waals surface area contributed by atoms with E-state index >= 15 is 0 Å². The predicted octanol–water partition coefficient (Wildman–Crippen LogP) is 4.89. The maximum atomic E-state index is 2.33. The van der Waals surface area contributed by atoms with Gasteiger partial charge in [-0.3, -0.25) is 0 Å². The summed E-state index contributed by atoms with van der Waals surface area (Å²) in [6.07, 6.45) is 11.1. The van der Waals surface area contributed by atoms with Crippen molar-refractivity contribution in [3.8, 4) is 0 Å². The van der Waals surface area contributed by atoms with Crippen LogP contribution in [0.3, 0.4) is 0 Å². The van der Waals surface area contributed by atoms with Crippen molar-refractivity contribution in [3.05, 3.63) is 35.9 Å². The van der Waals surface area contributed by atoms with Gasteiger partial charge in [-0.1, -0.05) is 83.7 Å². The van der Waals surface area contributed by atoms with Crippen LogP contribution < -0.4 is 12.4 Å². The first-order valence-corrected chi connectivity index (χ1v) is 13.7. The quantitative estimate of drug-likeness (QED) is 0.288. The molecule has 1 N–H and O–H groups in total. The highest BCUT2D eigenvalue weighted by Gasteiger charge is 2.24. The Kier molecular flexibility index (Phi) is 25.9. The number of rotatable bonds is 17. The van der Waals surface area contributed by atoms with Gasteiger partial charge in [0.15, 0.2) is 0 Å². The van der Waals surface area contributed by atoms with Crippen molar-refractivity contribution in [3.63, 3.8) is 0 Å². The fourth-order valence-electron chi connectivity index (χ4n) is 4.62. The topological polar surface area (TPSA) is 30.0 Å². The van der Waals surface area contributed by atoms with Gasteiger partial charge >= 0.3 is 0 Å². The van der Waals surface area contributed by atoms with E-state index in [1.165, 1.54) is 118 Å². The van der Waals surface area contributed by atoms with Crippen LogP contribution in [0.1, 0.15) is 105 Å². The van der Waals surface area contributed by atoms with Crippen LogP contribution in [0.5, 0.6) is 0 Å². The average Bonchev–Trinajstić information content (AvgIpc) is 2.83. The highest BCUT2D eigenvalue weighted by molar-refractivity contribution is 5.13. The van der Waals surface area contributed by atoms with E-state index in [1.807, 2.05) is 0 Å². The van der Waals surface area contributed by atoms with Crippen LogP contribution in [0.15, 0.2) is 30.3 Å². The van der Waals surface area contributed by atoms with Gasteiger partial charge in [-0.05, 0) is 46.5 Å². The summed E-state index contributed by atoms with van der Waals surface area (Å²) in [5.74, 6) is 0. The molecule has 0 heterocycles. The van der Waals surface area contributed by atoms with Gasteiger partial charge in [0, 0.05) is 5.56 Å². The molecule has 4 heteroatoms. The third-order valence-corrected chi connectivity index (χ3v) is 7.32. The molecule has 0 saturated heterocycles. The van der Waals surface area contributed by atoms with Gasteiger partial charge in [-0.25, -0.2) is 0 Å². The van der Waals surface area contributed by atoms with E-state index in [1.54, 1.807) is 0 Å². The van der Waals surface area contributed by atoms with Crippen LogP contribution >= 0.6 is 0 Å². The number of benzene rings is 1. The summed E-state index contributed by atoms with van der Waals surface area (Å²) in [5, 5.41) is 0. The zero-order valence-electron chi connectivity index (χ0n) is 23.4. The molecular weight excluding hydrogens is 428 g/mol. The van der Waals surface area contributed by atoms with Gasteiger partial charge in [0.1, 0.15) is 6.54 Å². The minimum Gasteiger partial charge on any atom is -1.00 e. The fourth-order valence-corrected chi connectivity index (χ4v) is 4.62. The van der Waals surface area contributed by atoms with E-state index in [4.69, 9.17) is 0 Å². The second-order valence-corrected chi connectivity index (χ2v) is 9.58. The maximum absolute atomic E-state index is 2.33. The molecule has 0 aromatic heterocycles. The number of nitrogens with zero attached hydrogens (tertiary/aromatic N) is 2. The molecule has 0 radical (unpaired) electrons. The smallest absolute Gasteiger partial charge is 0.104 e. The molecular formula is C29H59ClN2O. The third kappa shape index (κ3) is 15.8. The average molecular weight is 487 g/mol. The summed E-state index contributed by atoms with van der Waals surface area (Å²) >= 11 is 0. The van der Waals surface area contributed by atoms with Crippen LogP contribution in [0.2, 0.25) is 0 Å². The first-order chi connectivity index (χ1) is 15.0. The lowest BCUT2D eigenvalue weighted by atomic mass is 10.1. The lowest BCUT2D eigenvalue weighted by Crippen LogP contribution is -3.00. The van der Waals surface area contributed by atoms with Gasteiger partial charge < -0.3 is 26.8 Å². The molecule has 3 nitrogen and oxygen atoms in total. The lowest BCUT2D eigenvalue weighted by molar-refractivity contribution is -0.936. The number of hydrogen-bond acceptors (Lipinski definition) is 1. The number of quaternary nitrogens is 2. The van der Waals surface area contributed by atoms with Crippen LogP contribution in [-0.4, -0.2) is 60.3 Å². The normalized spacial score (nSPS) is 11.1. The predicted molar refractivity (Wildman–Crippen MR) is 143 cm³/mol. The zero-order chi connectivity index (χ0) is 23.4. The van der Waals surface area contributed by atoms with Gasteiger partial charge in [0.25, 0.3) is 0 Å². The summed E-state index contributed by atoms with van der Waals surface area (Å²) in [4.78, 5) is 0. The molecule has 0 atom stereocenters. The molecule has 1 aromatic carbocycles. The molecule has 1 rings (SSSR count). The highest BCUT2D eigenvalue weighted by atomic mass is 35.5. The first-order valence-electron chi connectivity index (χ1n) is 13.7. The molecule has 0 fully saturated rings. The Morgan fingerprint density at radius 1 is 0.515 bits per heavy atom. The summed E-state index contributed by atoms with van der Waals surface area (Å²) in [7, 11) is 0. The number of hydrogen-bond donors (Lipinski definition) is 0. The van der Waals surface area contributed by atoms with E-state index in [0.717, 1.165) is 0 Å². The Hall–Kier alpha value is -0.610. The Morgan fingerprint density at radius 3 is 1.12 bits per heavy atom. The molecule has 0 unspecified atom stereocenters. The van der Waals surface area contributed by atoms with Crippen molar-refractivity contribution in [2.45, 2.75) is 106 Å². The standard InChI is InChI=1S/C16H36N.C13H22N.ClH.H2O/c1-5-9-13-17(14-10-6-2,15-11-7-3)16-12-8-4;1-4-14(5-2,6-3)12-13-10-8-7-9-11-13;;/h5-16H2,1-4H3;7-11H,4-6,12H2,1-3H3;1H;1H2/q2*+1;;/p-2. The van der Waals surface area contributed by atoms with Gasteiger partial charge in [-0.15, -0.1) is 0 Å². The van der Waals surface area contributed by atoms with Crippen molar-refractivity contribution in [2.24, 2.45) is 0 Å². The number of halogens is 1. The van der Waals surface area contributed by atoms with Gasteiger partial charge in [0.05, 0.1) is 45.8 Å². The number of unbranched alkanes of at least 4 members (excludes halogenated alkanes) is 4. The SMILES string of the molecule is CCCC[N+](CCCC)(CCCC)CCCC.CC[N+](CC)(CC)Cc1ccccc1.[Cl-].[OH-]. The van der Waals surface area contributed by atoms with Crippen molar-refractivity contribution in [2.75, 3.05) is 45.8 Å². The summed E-state index contributed by atoms with van der Waals surface area (Å²) in [5.41, 5.74) is 1.46. The van der Waals surface area contributed by atoms with Gasteiger partial charge in [-0.2, -0.15) is 0 Å². The second-order valence-electron chi connectivity index (χ2n) is 9.58. The van der Waals surface area contributed by atoms with Crippen molar-refractivity contribution >= 4 is 0 Å². The Bertz CT molecular complexity index is 460. The Balaban J connectivity index is -0.000000521. The summed E-state index contributed by atoms with van der Waals surface area (Å²) < 4.78 is 2.62. The van der Waals surface area contributed by atoms with Gasteiger partial charge in [0.2, 0.25) is 0 Å². The molecule has 0 aliphatic carbocycles. The zero-order valence-corrected chi connectivity index (χ0v) is 24.2. The van der Waals surface area contributed by atoms with E-state index in [9.17, 15) is 0 Å². The summed E-state index contributed by atoms with van der Waals surface area (Å²) in [6.45, 7) is 26.7. The van der Waals surface area contributed by atoms with Crippen molar-refractivity contribution in [1.82, 2.24) is 0 Å². The van der Waals surface area contributed by atoms with Crippen molar-refractivity contribution < 1.29 is 26.8 Å². The van der Waals surface area contributed by atoms with E-state index in [-0.39, 0.29) is 17.9 Å².